The Morgan fingerprint density at radius 2 is 2.00 bits per heavy atom. The standard InChI is InChI=1S/C14H22F2N2O2S/c15-14(16)21-11-13-3-2-12(20-13)10-17-4-1-5-18-6-8-19-9-7-18/h2-3,14,17H,1,4-11H2. The van der Waals surface area contributed by atoms with Gasteiger partial charge in [0.15, 0.2) is 0 Å². The number of alkyl halides is 2. The molecule has 1 aromatic heterocycles. The molecular weight excluding hydrogens is 298 g/mol. The number of ether oxygens (including phenoxy) is 1. The van der Waals surface area contributed by atoms with Crippen molar-refractivity contribution in [2.24, 2.45) is 0 Å². The lowest BCUT2D eigenvalue weighted by Gasteiger charge is -2.26. The molecule has 1 aliphatic rings. The van der Waals surface area contributed by atoms with Crippen LogP contribution in [0.2, 0.25) is 0 Å². The highest BCUT2D eigenvalue weighted by molar-refractivity contribution is 7.98. The third-order valence-corrected chi connectivity index (χ3v) is 4.00. The minimum Gasteiger partial charge on any atom is -0.464 e. The third-order valence-electron chi connectivity index (χ3n) is 3.30. The first-order chi connectivity index (χ1) is 10.2. The van der Waals surface area contributed by atoms with Gasteiger partial charge in [0.25, 0.3) is 5.76 Å². The lowest BCUT2D eigenvalue weighted by molar-refractivity contribution is 0.0374. The summed E-state index contributed by atoms with van der Waals surface area (Å²) < 4.78 is 34.9. The van der Waals surface area contributed by atoms with Crippen LogP contribution < -0.4 is 5.32 Å². The van der Waals surface area contributed by atoms with Crippen molar-refractivity contribution in [3.63, 3.8) is 0 Å². The Labute approximate surface area is 128 Å². The summed E-state index contributed by atoms with van der Waals surface area (Å²) in [6.45, 7) is 6.33. The van der Waals surface area contributed by atoms with Gasteiger partial charge in [-0.2, -0.15) is 8.78 Å². The average molecular weight is 320 g/mol. The molecule has 21 heavy (non-hydrogen) atoms. The van der Waals surface area contributed by atoms with E-state index < -0.39 is 5.76 Å². The van der Waals surface area contributed by atoms with Gasteiger partial charge in [-0.25, -0.2) is 0 Å². The second-order valence-corrected chi connectivity index (χ2v) is 5.90. The summed E-state index contributed by atoms with van der Waals surface area (Å²) in [4.78, 5) is 2.40. The summed E-state index contributed by atoms with van der Waals surface area (Å²) in [5.74, 6) is -0.733. The minimum absolute atomic E-state index is 0.217. The quantitative estimate of drug-likeness (QED) is 0.708. The lowest BCUT2D eigenvalue weighted by Crippen LogP contribution is -2.37. The van der Waals surface area contributed by atoms with Gasteiger partial charge in [-0.3, -0.25) is 4.90 Å². The van der Waals surface area contributed by atoms with Crippen LogP contribution in [-0.4, -0.2) is 50.1 Å². The van der Waals surface area contributed by atoms with Gasteiger partial charge in [0.05, 0.1) is 25.5 Å². The van der Waals surface area contributed by atoms with Crippen LogP contribution in [0.1, 0.15) is 17.9 Å². The molecule has 0 spiro atoms. The van der Waals surface area contributed by atoms with Crippen LogP contribution >= 0.6 is 11.8 Å². The first-order valence-electron chi connectivity index (χ1n) is 7.22. The van der Waals surface area contributed by atoms with E-state index in [1.807, 2.05) is 6.07 Å². The van der Waals surface area contributed by atoms with Crippen LogP contribution in [-0.2, 0) is 17.0 Å². The molecule has 0 unspecified atom stereocenters. The molecule has 0 aliphatic carbocycles. The smallest absolute Gasteiger partial charge is 0.284 e. The molecule has 0 radical (unpaired) electrons. The highest BCUT2D eigenvalue weighted by atomic mass is 32.2. The SMILES string of the molecule is FC(F)SCc1ccc(CNCCCN2CCOCC2)o1. The molecule has 0 saturated carbocycles. The average Bonchev–Trinajstić information content (AvgIpc) is 2.94. The van der Waals surface area contributed by atoms with E-state index in [4.69, 9.17) is 9.15 Å². The van der Waals surface area contributed by atoms with Crippen molar-refractivity contribution in [1.82, 2.24) is 10.2 Å². The zero-order chi connectivity index (χ0) is 14.9. The maximum absolute atomic E-state index is 12.1. The van der Waals surface area contributed by atoms with Gasteiger partial charge in [-0.05, 0) is 31.6 Å². The van der Waals surface area contributed by atoms with E-state index in [0.29, 0.717) is 24.1 Å². The van der Waals surface area contributed by atoms with Gasteiger partial charge in [0, 0.05) is 13.1 Å². The molecule has 7 heteroatoms. The predicted octanol–water partition coefficient (Wildman–Crippen LogP) is 2.55. The van der Waals surface area contributed by atoms with Crippen molar-refractivity contribution in [3.8, 4) is 0 Å². The van der Waals surface area contributed by atoms with Gasteiger partial charge < -0.3 is 14.5 Å². The van der Waals surface area contributed by atoms with Crippen molar-refractivity contribution in [2.75, 3.05) is 39.4 Å². The molecule has 1 saturated heterocycles. The molecular formula is C14H22F2N2O2S. The Balaban J connectivity index is 1.54. The van der Waals surface area contributed by atoms with Gasteiger partial charge in [-0.15, -0.1) is 0 Å². The first kappa shape index (κ1) is 16.7. The van der Waals surface area contributed by atoms with Crippen LogP contribution in [0.15, 0.2) is 16.5 Å². The predicted molar refractivity (Wildman–Crippen MR) is 79.6 cm³/mol. The number of rotatable bonds is 9. The second-order valence-electron chi connectivity index (χ2n) is 4.92. The highest BCUT2D eigenvalue weighted by Crippen LogP contribution is 2.21. The molecule has 2 heterocycles. The summed E-state index contributed by atoms with van der Waals surface area (Å²) >= 11 is 0.582. The van der Waals surface area contributed by atoms with Crippen LogP contribution in [0.3, 0.4) is 0 Å². The van der Waals surface area contributed by atoms with Crippen LogP contribution in [0.25, 0.3) is 0 Å². The molecule has 0 amide bonds. The van der Waals surface area contributed by atoms with Crippen molar-refractivity contribution in [2.45, 2.75) is 24.5 Å². The summed E-state index contributed by atoms with van der Waals surface area (Å²) in [5.41, 5.74) is 0. The molecule has 0 atom stereocenters. The topological polar surface area (TPSA) is 37.6 Å². The lowest BCUT2D eigenvalue weighted by atomic mass is 10.3. The second kappa shape index (κ2) is 9.40. The van der Waals surface area contributed by atoms with Gasteiger partial charge >= 0.3 is 0 Å². The Morgan fingerprint density at radius 1 is 1.24 bits per heavy atom. The number of hydrogen-bond acceptors (Lipinski definition) is 5. The minimum atomic E-state index is -2.35. The maximum atomic E-state index is 12.1. The molecule has 2 rings (SSSR count). The first-order valence-corrected chi connectivity index (χ1v) is 8.27. The number of halogens is 2. The number of nitrogens with zero attached hydrogens (tertiary/aromatic N) is 1. The van der Waals surface area contributed by atoms with E-state index in [-0.39, 0.29) is 5.75 Å². The number of thioether (sulfide) groups is 1. The Morgan fingerprint density at radius 3 is 2.76 bits per heavy atom. The van der Waals surface area contributed by atoms with Crippen LogP contribution in [0.4, 0.5) is 8.78 Å². The van der Waals surface area contributed by atoms with E-state index in [2.05, 4.69) is 10.2 Å². The fraction of sp³-hybridized carbons (Fsp3) is 0.714. The molecule has 1 fully saturated rings. The summed E-state index contributed by atoms with van der Waals surface area (Å²) in [6.07, 6.45) is 1.08. The van der Waals surface area contributed by atoms with Crippen molar-refractivity contribution < 1.29 is 17.9 Å². The van der Waals surface area contributed by atoms with Gasteiger partial charge in [0.1, 0.15) is 11.5 Å². The molecule has 0 bridgehead atoms. The fourth-order valence-electron chi connectivity index (χ4n) is 2.20. The summed E-state index contributed by atoms with van der Waals surface area (Å²) in [7, 11) is 0. The number of hydrogen-bond donors (Lipinski definition) is 1. The largest absolute Gasteiger partial charge is 0.464 e. The summed E-state index contributed by atoms with van der Waals surface area (Å²) in [5, 5.41) is 3.31. The number of furan rings is 1. The van der Waals surface area contributed by atoms with E-state index in [0.717, 1.165) is 51.6 Å². The monoisotopic (exact) mass is 320 g/mol. The highest BCUT2D eigenvalue weighted by Gasteiger charge is 2.09. The summed E-state index contributed by atoms with van der Waals surface area (Å²) in [6, 6.07) is 3.61. The molecule has 1 aromatic rings. The van der Waals surface area contributed by atoms with E-state index >= 15 is 0 Å². The Kier molecular flexibility index (Phi) is 7.49. The van der Waals surface area contributed by atoms with E-state index in [1.54, 1.807) is 6.07 Å². The Bertz CT molecular complexity index is 398. The zero-order valence-corrected chi connectivity index (χ0v) is 12.8. The fourth-order valence-corrected chi connectivity index (χ4v) is 2.65. The molecule has 1 aliphatic heterocycles. The molecule has 120 valence electrons. The van der Waals surface area contributed by atoms with Gasteiger partial charge in [-0.1, -0.05) is 11.8 Å². The molecule has 1 N–H and O–H groups in total. The Hall–Kier alpha value is -0.630. The van der Waals surface area contributed by atoms with Crippen molar-refractivity contribution in [1.29, 1.82) is 0 Å². The maximum Gasteiger partial charge on any atom is 0.284 e. The normalized spacial score (nSPS) is 16.7. The van der Waals surface area contributed by atoms with Gasteiger partial charge in [0.2, 0.25) is 0 Å². The zero-order valence-electron chi connectivity index (χ0n) is 12.0. The molecule has 0 aromatic carbocycles. The van der Waals surface area contributed by atoms with Crippen molar-refractivity contribution in [3.05, 3.63) is 23.7 Å². The third kappa shape index (κ3) is 6.78. The van der Waals surface area contributed by atoms with Crippen LogP contribution in [0, 0.1) is 0 Å². The number of morpholine rings is 1. The van der Waals surface area contributed by atoms with E-state index in [1.165, 1.54) is 0 Å². The molecule has 4 nitrogen and oxygen atoms in total. The van der Waals surface area contributed by atoms with Crippen LogP contribution in [0.5, 0.6) is 0 Å². The number of nitrogens with one attached hydrogen (secondary N) is 1. The van der Waals surface area contributed by atoms with E-state index in [9.17, 15) is 8.78 Å². The van der Waals surface area contributed by atoms with Crippen molar-refractivity contribution >= 4 is 11.8 Å².